The van der Waals surface area contributed by atoms with Crippen molar-refractivity contribution >= 4 is 65.4 Å². The quantitative estimate of drug-likeness (QED) is 0.0288. The molecular formula is C76H95N3. The lowest BCUT2D eigenvalue weighted by atomic mass is 10.1. The lowest BCUT2D eigenvalue weighted by Gasteiger charge is -2.08. The smallest absolute Gasteiger partial charge is 0.0492 e. The van der Waals surface area contributed by atoms with E-state index >= 15 is 0 Å². The minimum absolute atomic E-state index is 1.02. The molecular weight excluding hydrogens is 955 g/mol. The van der Waals surface area contributed by atoms with Gasteiger partial charge in [0.1, 0.15) is 0 Å². The maximum Gasteiger partial charge on any atom is 0.0492 e. The van der Waals surface area contributed by atoms with Crippen molar-refractivity contribution in [3.05, 3.63) is 144 Å². The first-order valence-corrected chi connectivity index (χ1v) is 32.3. The molecule has 0 saturated carbocycles. The highest BCUT2D eigenvalue weighted by Crippen LogP contribution is 2.34. The van der Waals surface area contributed by atoms with Crippen LogP contribution in [0.15, 0.2) is 121 Å². The predicted molar refractivity (Wildman–Crippen MR) is 346 cm³/mol. The Morgan fingerprint density at radius 1 is 0.228 bits per heavy atom. The fraction of sp³-hybridized carbons (Fsp3) is 0.474. The van der Waals surface area contributed by atoms with E-state index in [-0.39, 0.29) is 0 Å². The molecule has 0 spiro atoms. The number of hydrogen-bond acceptors (Lipinski definition) is 0. The van der Waals surface area contributed by atoms with E-state index in [0.717, 1.165) is 41.9 Å². The molecule has 3 heterocycles. The first-order valence-electron chi connectivity index (χ1n) is 32.3. The van der Waals surface area contributed by atoms with Crippen molar-refractivity contribution in [2.45, 2.75) is 233 Å². The minimum atomic E-state index is 1.02. The largest absolute Gasteiger partial charge is 0.340 e. The number of unbranched alkanes of at least 4 members (excludes halogenated alkanes) is 27. The molecule has 0 atom stereocenters. The molecule has 0 aliphatic heterocycles. The average Bonchev–Trinajstić information content (AvgIpc) is 4.12. The maximum absolute atomic E-state index is 3.63. The third kappa shape index (κ3) is 15.6. The third-order valence-corrected chi connectivity index (χ3v) is 17.3. The Hall–Kier alpha value is -6.16. The maximum atomic E-state index is 3.63. The van der Waals surface area contributed by atoms with Crippen LogP contribution < -0.4 is 0 Å². The molecule has 0 aliphatic carbocycles. The van der Waals surface area contributed by atoms with Crippen LogP contribution in [0.4, 0.5) is 0 Å². The van der Waals surface area contributed by atoms with Crippen LogP contribution >= 0.6 is 0 Å². The number of benzene rings is 6. The molecule has 9 rings (SSSR count). The molecule has 6 aromatic carbocycles. The van der Waals surface area contributed by atoms with Crippen LogP contribution in [-0.4, -0.2) is 13.7 Å². The Labute approximate surface area is 476 Å². The predicted octanol–water partition coefficient (Wildman–Crippen LogP) is 22.6. The highest BCUT2D eigenvalue weighted by molar-refractivity contribution is 6.10. The van der Waals surface area contributed by atoms with E-state index in [1.54, 1.807) is 0 Å². The molecule has 79 heavy (non-hydrogen) atoms. The highest BCUT2D eigenvalue weighted by atomic mass is 15.0. The Kier molecular flexibility index (Phi) is 22.6. The van der Waals surface area contributed by atoms with E-state index in [4.69, 9.17) is 0 Å². The van der Waals surface area contributed by atoms with E-state index in [9.17, 15) is 0 Å². The monoisotopic (exact) mass is 1050 g/mol. The molecule has 414 valence electrons. The number of fused-ring (bicyclic) bond motifs is 9. The standard InChI is InChI=1S/C76H95N3/c1-4-7-10-13-16-19-22-25-28-35-54-77-71-40-33-31-38-65(71)67-57-61(46-50-73(67)77)42-44-63-48-52-75-69(59-63)70-60-64(49-53-76(70)79(75)56-37-30-27-24-21-18-15-12-9-6-3)45-43-62-47-51-74-68(58-62)66-39-32-34-41-72(66)78(74)55-36-29-26-23-20-17-14-11-8-5-2/h31-34,38-41,46-53,57-60H,4-30,35-37,54-56H2,1-3H3. The summed E-state index contributed by atoms with van der Waals surface area (Å²) in [6, 6.07) is 45.5. The molecule has 3 nitrogen and oxygen atoms in total. The van der Waals surface area contributed by atoms with E-state index in [2.05, 4.69) is 179 Å². The number of aryl methyl sites for hydroxylation is 3. The number of aromatic nitrogens is 3. The summed E-state index contributed by atoms with van der Waals surface area (Å²) in [5.41, 5.74) is 12.1. The van der Waals surface area contributed by atoms with Crippen LogP contribution in [0, 0.1) is 23.7 Å². The second kappa shape index (κ2) is 31.0. The molecule has 0 bridgehead atoms. The molecule has 0 radical (unpaired) electrons. The fourth-order valence-corrected chi connectivity index (χ4v) is 12.8. The molecule has 0 amide bonds. The zero-order chi connectivity index (χ0) is 54.3. The van der Waals surface area contributed by atoms with Crippen LogP contribution in [0.25, 0.3) is 65.4 Å². The van der Waals surface area contributed by atoms with Gasteiger partial charge in [-0.25, -0.2) is 0 Å². The minimum Gasteiger partial charge on any atom is -0.340 e. The van der Waals surface area contributed by atoms with Gasteiger partial charge in [0.15, 0.2) is 0 Å². The Morgan fingerprint density at radius 3 is 0.709 bits per heavy atom. The average molecular weight is 1050 g/mol. The van der Waals surface area contributed by atoms with Gasteiger partial charge in [-0.05, 0) is 104 Å². The Morgan fingerprint density at radius 2 is 0.443 bits per heavy atom. The fourth-order valence-electron chi connectivity index (χ4n) is 12.8. The third-order valence-electron chi connectivity index (χ3n) is 17.3. The Balaban J connectivity index is 0.925. The number of para-hydroxylation sites is 2. The second-order valence-electron chi connectivity index (χ2n) is 23.5. The molecule has 3 heteroatoms. The van der Waals surface area contributed by atoms with Gasteiger partial charge in [-0.15, -0.1) is 0 Å². The number of nitrogens with zero attached hydrogens (tertiary/aromatic N) is 3. The SMILES string of the molecule is CCCCCCCCCCCCn1c2ccccc2c2cc(C#Cc3ccc4c(c3)c3cc(C#Cc5ccc6c(c5)c5ccccc5n6CCCCCCCCCCCC)ccc3n4CCCCCCCCCCCC)ccc21. The highest BCUT2D eigenvalue weighted by Gasteiger charge is 2.15. The van der Waals surface area contributed by atoms with Gasteiger partial charge >= 0.3 is 0 Å². The molecule has 3 aromatic heterocycles. The molecule has 0 saturated heterocycles. The number of hydrogen-bond donors (Lipinski definition) is 0. The van der Waals surface area contributed by atoms with Crippen molar-refractivity contribution < 1.29 is 0 Å². The van der Waals surface area contributed by atoms with Gasteiger partial charge in [0, 0.05) is 107 Å². The van der Waals surface area contributed by atoms with Crippen molar-refractivity contribution in [3.63, 3.8) is 0 Å². The van der Waals surface area contributed by atoms with Crippen LogP contribution in [0.2, 0.25) is 0 Å². The summed E-state index contributed by atoms with van der Waals surface area (Å²) in [5.74, 6) is 14.5. The zero-order valence-electron chi connectivity index (χ0n) is 49.2. The summed E-state index contributed by atoms with van der Waals surface area (Å²) >= 11 is 0. The first kappa shape index (κ1) is 57.5. The summed E-state index contributed by atoms with van der Waals surface area (Å²) in [6.07, 6.45) is 40.5. The Bertz CT molecular complexity index is 3240. The van der Waals surface area contributed by atoms with Gasteiger partial charge in [0.2, 0.25) is 0 Å². The summed E-state index contributed by atoms with van der Waals surface area (Å²) < 4.78 is 7.69. The van der Waals surface area contributed by atoms with Gasteiger partial charge in [-0.3, -0.25) is 0 Å². The van der Waals surface area contributed by atoms with Crippen molar-refractivity contribution in [2.24, 2.45) is 0 Å². The van der Waals surface area contributed by atoms with Gasteiger partial charge in [-0.2, -0.15) is 0 Å². The lowest BCUT2D eigenvalue weighted by Crippen LogP contribution is -1.98. The summed E-state index contributed by atoms with van der Waals surface area (Å²) in [4.78, 5) is 0. The van der Waals surface area contributed by atoms with E-state index < -0.39 is 0 Å². The molecule has 0 aliphatic rings. The van der Waals surface area contributed by atoms with E-state index in [1.807, 2.05) is 0 Å². The van der Waals surface area contributed by atoms with Gasteiger partial charge < -0.3 is 13.7 Å². The number of rotatable bonds is 33. The summed E-state index contributed by atoms with van der Waals surface area (Å²) in [7, 11) is 0. The van der Waals surface area contributed by atoms with Gasteiger partial charge in [0.25, 0.3) is 0 Å². The lowest BCUT2D eigenvalue weighted by molar-refractivity contribution is 0.541. The van der Waals surface area contributed by atoms with Crippen LogP contribution in [0.3, 0.4) is 0 Å². The van der Waals surface area contributed by atoms with Crippen molar-refractivity contribution in [3.8, 4) is 23.7 Å². The molecule has 0 fully saturated rings. The van der Waals surface area contributed by atoms with Crippen molar-refractivity contribution in [1.29, 1.82) is 0 Å². The first-order chi connectivity index (χ1) is 39.1. The van der Waals surface area contributed by atoms with E-state index in [1.165, 1.54) is 258 Å². The topological polar surface area (TPSA) is 14.8 Å². The van der Waals surface area contributed by atoms with E-state index in [0.29, 0.717) is 0 Å². The van der Waals surface area contributed by atoms with Crippen molar-refractivity contribution in [2.75, 3.05) is 0 Å². The normalized spacial score (nSPS) is 11.7. The second-order valence-corrected chi connectivity index (χ2v) is 23.5. The summed E-state index contributed by atoms with van der Waals surface area (Å²) in [6.45, 7) is 10.1. The van der Waals surface area contributed by atoms with Crippen LogP contribution in [0.1, 0.15) is 236 Å². The van der Waals surface area contributed by atoms with Gasteiger partial charge in [-0.1, -0.05) is 254 Å². The van der Waals surface area contributed by atoms with Crippen molar-refractivity contribution in [1.82, 2.24) is 13.7 Å². The molecule has 9 aromatic rings. The van der Waals surface area contributed by atoms with Gasteiger partial charge in [0.05, 0.1) is 0 Å². The molecule has 0 unspecified atom stereocenters. The zero-order valence-corrected chi connectivity index (χ0v) is 49.2. The van der Waals surface area contributed by atoms with Crippen LogP contribution in [0.5, 0.6) is 0 Å². The molecule has 0 N–H and O–H groups in total. The van der Waals surface area contributed by atoms with Crippen LogP contribution in [-0.2, 0) is 19.6 Å². The summed E-state index contributed by atoms with van der Waals surface area (Å²) in [5, 5.41) is 7.79.